The maximum absolute atomic E-state index is 3.65. The summed E-state index contributed by atoms with van der Waals surface area (Å²) in [7, 11) is 0. The molecule has 2 rings (SSSR count). The third-order valence-electron chi connectivity index (χ3n) is 3.54. The van der Waals surface area contributed by atoms with E-state index in [1.807, 2.05) is 0 Å². The predicted octanol–water partition coefficient (Wildman–Crippen LogP) is 2.17. The van der Waals surface area contributed by atoms with Gasteiger partial charge >= 0.3 is 0 Å². The summed E-state index contributed by atoms with van der Waals surface area (Å²) in [5.74, 6) is 2.00. The Morgan fingerprint density at radius 1 is 1.09 bits per heavy atom. The second-order valence-electron chi connectivity index (χ2n) is 4.27. The van der Waals surface area contributed by atoms with Gasteiger partial charge in [-0.15, -0.1) is 0 Å². The Morgan fingerprint density at radius 2 is 2.00 bits per heavy atom. The van der Waals surface area contributed by atoms with Crippen molar-refractivity contribution in [3.8, 4) is 0 Å². The molecule has 3 atom stereocenters. The molecular weight excluding hydrogens is 134 g/mol. The van der Waals surface area contributed by atoms with E-state index in [1.54, 1.807) is 0 Å². The van der Waals surface area contributed by atoms with E-state index in [9.17, 15) is 0 Å². The van der Waals surface area contributed by atoms with Crippen LogP contribution in [0.5, 0.6) is 0 Å². The molecular formula is C10H19N. The number of piperidine rings is 1. The maximum atomic E-state index is 3.65. The van der Waals surface area contributed by atoms with Crippen molar-refractivity contribution in [3.63, 3.8) is 0 Å². The zero-order chi connectivity index (χ0) is 7.68. The molecule has 1 N–H and O–H groups in total. The van der Waals surface area contributed by atoms with Crippen LogP contribution >= 0.6 is 0 Å². The molecule has 3 unspecified atom stereocenters. The molecule has 64 valence electrons. The molecule has 0 spiro atoms. The van der Waals surface area contributed by atoms with Crippen LogP contribution in [-0.2, 0) is 0 Å². The second kappa shape index (κ2) is 3.14. The van der Waals surface area contributed by atoms with Gasteiger partial charge in [-0.1, -0.05) is 19.8 Å². The van der Waals surface area contributed by atoms with Crippen LogP contribution in [0.4, 0.5) is 0 Å². The van der Waals surface area contributed by atoms with Gasteiger partial charge in [-0.25, -0.2) is 0 Å². The summed E-state index contributed by atoms with van der Waals surface area (Å²) in [6.07, 6.45) is 7.26. The van der Waals surface area contributed by atoms with Gasteiger partial charge in [0, 0.05) is 6.04 Å². The van der Waals surface area contributed by atoms with Crippen molar-refractivity contribution < 1.29 is 0 Å². The summed E-state index contributed by atoms with van der Waals surface area (Å²) in [4.78, 5) is 0. The Labute approximate surface area is 69.6 Å². The van der Waals surface area contributed by atoms with Gasteiger partial charge in [-0.2, -0.15) is 0 Å². The first-order valence-electron chi connectivity index (χ1n) is 5.11. The first-order chi connectivity index (χ1) is 5.38. The molecule has 1 aliphatic heterocycles. The fourth-order valence-electron chi connectivity index (χ4n) is 2.85. The van der Waals surface area contributed by atoms with Crippen LogP contribution in [0.2, 0.25) is 0 Å². The largest absolute Gasteiger partial charge is 0.314 e. The van der Waals surface area contributed by atoms with Crippen LogP contribution in [0.1, 0.15) is 39.0 Å². The quantitative estimate of drug-likeness (QED) is 0.562. The first-order valence-corrected chi connectivity index (χ1v) is 5.11. The Kier molecular flexibility index (Phi) is 2.17. The van der Waals surface area contributed by atoms with E-state index in [-0.39, 0.29) is 0 Å². The number of nitrogens with one attached hydrogen (secondary N) is 1. The van der Waals surface area contributed by atoms with Gasteiger partial charge in [0.05, 0.1) is 0 Å². The number of hydrogen-bond donors (Lipinski definition) is 1. The Morgan fingerprint density at radius 3 is 2.82 bits per heavy atom. The molecule has 0 bridgehead atoms. The zero-order valence-electron chi connectivity index (χ0n) is 7.47. The molecule has 0 radical (unpaired) electrons. The van der Waals surface area contributed by atoms with Crippen LogP contribution in [0.25, 0.3) is 0 Å². The molecule has 1 aliphatic carbocycles. The van der Waals surface area contributed by atoms with Gasteiger partial charge in [-0.3, -0.25) is 0 Å². The molecule has 1 heteroatoms. The fraction of sp³-hybridized carbons (Fsp3) is 1.00. The van der Waals surface area contributed by atoms with E-state index in [0.29, 0.717) is 0 Å². The van der Waals surface area contributed by atoms with Crippen molar-refractivity contribution in [2.75, 3.05) is 6.54 Å². The average Bonchev–Trinajstić information content (AvgIpc) is 2.06. The van der Waals surface area contributed by atoms with Gasteiger partial charge in [-0.05, 0) is 37.6 Å². The third kappa shape index (κ3) is 1.44. The monoisotopic (exact) mass is 153 g/mol. The van der Waals surface area contributed by atoms with Crippen LogP contribution in [0.3, 0.4) is 0 Å². The minimum absolute atomic E-state index is 0.882. The molecule has 1 heterocycles. The summed E-state index contributed by atoms with van der Waals surface area (Å²) in [6, 6.07) is 0.882. The van der Waals surface area contributed by atoms with Gasteiger partial charge in [0.15, 0.2) is 0 Å². The Hall–Kier alpha value is -0.0400. The lowest BCUT2D eigenvalue weighted by atomic mass is 9.73. The molecule has 1 nitrogen and oxygen atoms in total. The highest BCUT2D eigenvalue weighted by molar-refractivity contribution is 4.87. The molecule has 0 aromatic rings. The lowest BCUT2D eigenvalue weighted by Crippen LogP contribution is -2.45. The topological polar surface area (TPSA) is 12.0 Å². The van der Waals surface area contributed by atoms with Gasteiger partial charge in [0.2, 0.25) is 0 Å². The van der Waals surface area contributed by atoms with E-state index in [0.717, 1.165) is 17.9 Å². The lowest BCUT2D eigenvalue weighted by Gasteiger charge is -2.40. The van der Waals surface area contributed by atoms with E-state index < -0.39 is 0 Å². The number of hydrogen-bond acceptors (Lipinski definition) is 1. The Balaban J connectivity index is 1.99. The first kappa shape index (κ1) is 7.60. The number of fused-ring (bicyclic) bond motifs is 1. The summed E-state index contributed by atoms with van der Waals surface area (Å²) in [5.41, 5.74) is 0. The lowest BCUT2D eigenvalue weighted by molar-refractivity contribution is 0.150. The molecule has 1 saturated heterocycles. The second-order valence-corrected chi connectivity index (χ2v) is 4.27. The van der Waals surface area contributed by atoms with Crippen molar-refractivity contribution >= 4 is 0 Å². The van der Waals surface area contributed by atoms with Crippen molar-refractivity contribution in [3.05, 3.63) is 0 Å². The van der Waals surface area contributed by atoms with Crippen LogP contribution < -0.4 is 5.32 Å². The van der Waals surface area contributed by atoms with Gasteiger partial charge in [0.1, 0.15) is 0 Å². The van der Waals surface area contributed by atoms with Crippen molar-refractivity contribution in [2.24, 2.45) is 11.8 Å². The zero-order valence-corrected chi connectivity index (χ0v) is 7.47. The summed E-state index contributed by atoms with van der Waals surface area (Å²) < 4.78 is 0. The highest BCUT2D eigenvalue weighted by atomic mass is 14.9. The maximum Gasteiger partial charge on any atom is 0.00978 e. The van der Waals surface area contributed by atoms with E-state index in [1.165, 1.54) is 38.6 Å². The molecule has 11 heavy (non-hydrogen) atoms. The fourth-order valence-corrected chi connectivity index (χ4v) is 2.85. The van der Waals surface area contributed by atoms with Crippen molar-refractivity contribution in [1.82, 2.24) is 5.32 Å². The van der Waals surface area contributed by atoms with Crippen molar-refractivity contribution in [1.29, 1.82) is 0 Å². The molecule has 2 fully saturated rings. The highest BCUT2D eigenvalue weighted by Crippen LogP contribution is 2.34. The minimum Gasteiger partial charge on any atom is -0.314 e. The van der Waals surface area contributed by atoms with E-state index in [2.05, 4.69) is 12.2 Å². The molecule has 2 aliphatic rings. The van der Waals surface area contributed by atoms with Crippen molar-refractivity contribution in [2.45, 2.75) is 45.1 Å². The summed E-state index contributed by atoms with van der Waals surface area (Å²) in [6.45, 7) is 3.71. The number of rotatable bonds is 0. The van der Waals surface area contributed by atoms with Crippen LogP contribution in [0.15, 0.2) is 0 Å². The van der Waals surface area contributed by atoms with E-state index in [4.69, 9.17) is 0 Å². The van der Waals surface area contributed by atoms with Gasteiger partial charge in [0.25, 0.3) is 0 Å². The van der Waals surface area contributed by atoms with Gasteiger partial charge < -0.3 is 5.32 Å². The molecule has 0 aromatic heterocycles. The molecule has 0 aromatic carbocycles. The van der Waals surface area contributed by atoms with Crippen LogP contribution in [-0.4, -0.2) is 12.6 Å². The smallest absolute Gasteiger partial charge is 0.00978 e. The SMILES string of the molecule is CC1CCCC2NCCCC12. The van der Waals surface area contributed by atoms with Crippen LogP contribution in [0, 0.1) is 11.8 Å². The summed E-state index contributed by atoms with van der Waals surface area (Å²) >= 11 is 0. The standard InChI is InChI=1S/C10H19N/c1-8-4-2-6-10-9(8)5-3-7-11-10/h8-11H,2-7H2,1H3. The highest BCUT2D eigenvalue weighted by Gasteiger charge is 2.31. The third-order valence-corrected chi connectivity index (χ3v) is 3.54. The molecule has 0 amide bonds. The van der Waals surface area contributed by atoms with E-state index >= 15 is 0 Å². The normalized spacial score (nSPS) is 45.0. The predicted molar refractivity (Wildman–Crippen MR) is 47.5 cm³/mol. The summed E-state index contributed by atoms with van der Waals surface area (Å²) in [5, 5.41) is 3.65. The molecule has 1 saturated carbocycles. The minimum atomic E-state index is 0.882. The average molecular weight is 153 g/mol. The Bertz CT molecular complexity index is 131.